The maximum atomic E-state index is 12.7. The lowest BCUT2D eigenvalue weighted by Gasteiger charge is -2.18. The Morgan fingerprint density at radius 2 is 2.12 bits per heavy atom. The van der Waals surface area contributed by atoms with Crippen LogP contribution in [0.2, 0.25) is 5.02 Å². The van der Waals surface area contributed by atoms with Crippen molar-refractivity contribution in [1.82, 2.24) is 0 Å². The minimum absolute atomic E-state index is 0.0449. The lowest BCUT2D eigenvalue weighted by Crippen LogP contribution is -2.28. The van der Waals surface area contributed by atoms with Crippen LogP contribution in [0.3, 0.4) is 0 Å². The minimum Gasteiger partial charge on any atom is -0.495 e. The summed E-state index contributed by atoms with van der Waals surface area (Å²) < 4.78 is 5.25. The third-order valence-electron chi connectivity index (χ3n) is 4.55. The number of hydrogen-bond donors (Lipinski definition) is 1. The Morgan fingerprint density at radius 3 is 2.85 bits per heavy atom. The van der Waals surface area contributed by atoms with Gasteiger partial charge in [-0.05, 0) is 42.3 Å². The molecule has 5 nitrogen and oxygen atoms in total. The van der Waals surface area contributed by atoms with Gasteiger partial charge in [-0.25, -0.2) is 0 Å². The van der Waals surface area contributed by atoms with Gasteiger partial charge in [0.25, 0.3) is 0 Å². The fraction of sp³-hybridized carbons (Fsp3) is 0.300. The number of amides is 2. The number of aryl methyl sites for hydroxylation is 1. The fourth-order valence-electron chi connectivity index (χ4n) is 3.09. The summed E-state index contributed by atoms with van der Waals surface area (Å²) in [5.74, 6) is -0.152. The van der Waals surface area contributed by atoms with Crippen molar-refractivity contribution in [2.24, 2.45) is 5.92 Å². The lowest BCUT2D eigenvalue weighted by molar-refractivity contribution is -0.122. The molecule has 26 heavy (non-hydrogen) atoms. The van der Waals surface area contributed by atoms with Crippen LogP contribution in [0, 0.1) is 5.92 Å². The number of anilines is 2. The zero-order valence-electron chi connectivity index (χ0n) is 14.8. The van der Waals surface area contributed by atoms with E-state index in [4.69, 9.17) is 16.3 Å². The highest BCUT2D eigenvalue weighted by atomic mass is 35.5. The third kappa shape index (κ3) is 3.83. The molecular weight excluding hydrogens is 352 g/mol. The molecule has 1 heterocycles. The molecule has 0 aliphatic carbocycles. The molecule has 1 unspecified atom stereocenters. The van der Waals surface area contributed by atoms with Crippen molar-refractivity contribution in [1.29, 1.82) is 0 Å². The minimum atomic E-state index is -0.420. The Balaban J connectivity index is 1.74. The second-order valence-electron chi connectivity index (χ2n) is 6.26. The van der Waals surface area contributed by atoms with Crippen LogP contribution >= 0.6 is 11.6 Å². The molecule has 0 bridgehead atoms. The highest BCUT2D eigenvalue weighted by Crippen LogP contribution is 2.30. The Kier molecular flexibility index (Phi) is 5.47. The first kappa shape index (κ1) is 18.3. The average Bonchev–Trinajstić information content (AvgIpc) is 3.04. The average molecular weight is 373 g/mol. The first-order valence-electron chi connectivity index (χ1n) is 8.55. The SMILES string of the molecule is CCc1cccc(N2CC(C(=O)Nc3cc(Cl)ccc3OC)CC2=O)c1. The predicted molar refractivity (Wildman–Crippen MR) is 103 cm³/mol. The van der Waals surface area contributed by atoms with E-state index in [0.717, 1.165) is 17.7 Å². The fourth-order valence-corrected chi connectivity index (χ4v) is 3.26. The monoisotopic (exact) mass is 372 g/mol. The number of nitrogens with zero attached hydrogens (tertiary/aromatic N) is 1. The largest absolute Gasteiger partial charge is 0.495 e. The number of methoxy groups -OCH3 is 1. The van der Waals surface area contributed by atoms with Gasteiger partial charge in [0, 0.05) is 23.7 Å². The van der Waals surface area contributed by atoms with Gasteiger partial charge in [0.2, 0.25) is 11.8 Å². The number of rotatable bonds is 5. The molecule has 0 spiro atoms. The molecule has 0 aromatic heterocycles. The molecule has 1 aliphatic heterocycles. The van der Waals surface area contributed by atoms with Crippen LogP contribution in [0.15, 0.2) is 42.5 Å². The van der Waals surface area contributed by atoms with E-state index < -0.39 is 5.92 Å². The van der Waals surface area contributed by atoms with E-state index in [9.17, 15) is 9.59 Å². The summed E-state index contributed by atoms with van der Waals surface area (Å²) in [6.45, 7) is 2.43. The zero-order valence-corrected chi connectivity index (χ0v) is 15.5. The van der Waals surface area contributed by atoms with E-state index in [0.29, 0.717) is 23.0 Å². The highest BCUT2D eigenvalue weighted by Gasteiger charge is 2.35. The van der Waals surface area contributed by atoms with Crippen molar-refractivity contribution in [2.45, 2.75) is 19.8 Å². The lowest BCUT2D eigenvalue weighted by atomic mass is 10.1. The van der Waals surface area contributed by atoms with E-state index in [1.54, 1.807) is 23.1 Å². The van der Waals surface area contributed by atoms with Gasteiger partial charge in [0.15, 0.2) is 0 Å². The van der Waals surface area contributed by atoms with Crippen molar-refractivity contribution >= 4 is 34.8 Å². The van der Waals surface area contributed by atoms with Gasteiger partial charge in [-0.15, -0.1) is 0 Å². The second kappa shape index (κ2) is 7.79. The van der Waals surface area contributed by atoms with Crippen LogP contribution in [0.4, 0.5) is 11.4 Å². The molecular formula is C20H21ClN2O3. The summed E-state index contributed by atoms with van der Waals surface area (Å²) in [6, 6.07) is 12.9. The molecule has 3 rings (SSSR count). The molecule has 1 N–H and O–H groups in total. The van der Waals surface area contributed by atoms with Crippen molar-refractivity contribution in [3.63, 3.8) is 0 Å². The molecule has 0 saturated carbocycles. The number of carbonyl (C=O) groups is 2. The van der Waals surface area contributed by atoms with E-state index >= 15 is 0 Å². The highest BCUT2D eigenvalue weighted by molar-refractivity contribution is 6.31. The summed E-state index contributed by atoms with van der Waals surface area (Å²) >= 11 is 6.00. The van der Waals surface area contributed by atoms with Gasteiger partial charge in [-0.1, -0.05) is 30.7 Å². The Labute approximate surface area is 157 Å². The molecule has 1 saturated heterocycles. The quantitative estimate of drug-likeness (QED) is 0.865. The summed E-state index contributed by atoms with van der Waals surface area (Å²) in [4.78, 5) is 26.7. The summed E-state index contributed by atoms with van der Waals surface area (Å²) in [5, 5.41) is 3.33. The second-order valence-corrected chi connectivity index (χ2v) is 6.70. The van der Waals surface area contributed by atoms with Crippen molar-refractivity contribution in [3.8, 4) is 5.75 Å². The Morgan fingerprint density at radius 1 is 1.31 bits per heavy atom. The van der Waals surface area contributed by atoms with E-state index in [1.807, 2.05) is 24.3 Å². The normalized spacial score (nSPS) is 16.7. The Hall–Kier alpha value is -2.53. The van der Waals surface area contributed by atoms with Crippen molar-refractivity contribution in [3.05, 3.63) is 53.1 Å². The molecule has 2 aromatic carbocycles. The van der Waals surface area contributed by atoms with Crippen molar-refractivity contribution < 1.29 is 14.3 Å². The molecule has 2 amide bonds. The number of hydrogen-bond acceptors (Lipinski definition) is 3. The van der Waals surface area contributed by atoms with Crippen LogP contribution in [0.5, 0.6) is 5.75 Å². The van der Waals surface area contributed by atoms with Gasteiger partial charge in [0.1, 0.15) is 5.75 Å². The maximum Gasteiger partial charge on any atom is 0.229 e. The molecule has 136 valence electrons. The van der Waals surface area contributed by atoms with Crippen LogP contribution in [0.1, 0.15) is 18.9 Å². The molecule has 0 radical (unpaired) electrons. The maximum absolute atomic E-state index is 12.7. The standard InChI is InChI=1S/C20H21ClN2O3/c1-3-13-5-4-6-16(9-13)23-12-14(10-19(23)24)20(25)22-17-11-15(21)7-8-18(17)26-2/h4-9,11,14H,3,10,12H2,1-2H3,(H,22,25). The molecule has 2 aromatic rings. The molecule has 1 fully saturated rings. The van der Waals surface area contributed by atoms with Gasteiger partial charge in [-0.2, -0.15) is 0 Å². The number of ether oxygens (including phenoxy) is 1. The zero-order chi connectivity index (χ0) is 18.7. The smallest absolute Gasteiger partial charge is 0.229 e. The summed E-state index contributed by atoms with van der Waals surface area (Å²) in [6.07, 6.45) is 1.08. The van der Waals surface area contributed by atoms with Gasteiger partial charge >= 0.3 is 0 Å². The molecule has 1 atom stereocenters. The van der Waals surface area contributed by atoms with Crippen LogP contribution in [0.25, 0.3) is 0 Å². The first-order chi connectivity index (χ1) is 12.5. The van der Waals surface area contributed by atoms with E-state index in [2.05, 4.69) is 12.2 Å². The Bertz CT molecular complexity index is 838. The third-order valence-corrected chi connectivity index (χ3v) is 4.78. The van der Waals surface area contributed by atoms with Crippen LogP contribution in [-0.4, -0.2) is 25.5 Å². The molecule has 6 heteroatoms. The van der Waals surface area contributed by atoms with E-state index in [1.165, 1.54) is 7.11 Å². The van der Waals surface area contributed by atoms with Crippen molar-refractivity contribution in [2.75, 3.05) is 23.9 Å². The topological polar surface area (TPSA) is 58.6 Å². The first-order valence-corrected chi connectivity index (χ1v) is 8.93. The molecule has 1 aliphatic rings. The van der Waals surface area contributed by atoms with Crippen LogP contribution < -0.4 is 15.0 Å². The number of nitrogens with one attached hydrogen (secondary N) is 1. The number of benzene rings is 2. The predicted octanol–water partition coefficient (Wildman–Crippen LogP) is 3.90. The van der Waals surface area contributed by atoms with Crippen LogP contribution in [-0.2, 0) is 16.0 Å². The van der Waals surface area contributed by atoms with Gasteiger partial charge < -0.3 is 15.0 Å². The summed E-state index contributed by atoms with van der Waals surface area (Å²) in [5.41, 5.74) is 2.50. The number of carbonyl (C=O) groups excluding carboxylic acids is 2. The number of halogens is 1. The van der Waals surface area contributed by atoms with Gasteiger partial charge in [0.05, 0.1) is 18.7 Å². The van der Waals surface area contributed by atoms with Gasteiger partial charge in [-0.3, -0.25) is 9.59 Å². The summed E-state index contributed by atoms with van der Waals surface area (Å²) in [7, 11) is 1.53. The van der Waals surface area contributed by atoms with E-state index in [-0.39, 0.29) is 18.2 Å².